The Bertz CT molecular complexity index is 670. The van der Waals surface area contributed by atoms with E-state index in [9.17, 15) is 0 Å². The van der Waals surface area contributed by atoms with Crippen LogP contribution in [0.4, 0.5) is 5.95 Å². The number of nitrogens with one attached hydrogen (secondary N) is 1. The van der Waals surface area contributed by atoms with Gasteiger partial charge in [0.05, 0.1) is 12.4 Å². The Balaban J connectivity index is 0.00000158. The summed E-state index contributed by atoms with van der Waals surface area (Å²) in [5.74, 6) is 1.74. The molecule has 0 saturated carbocycles. The summed E-state index contributed by atoms with van der Waals surface area (Å²) in [5, 5.41) is 3.19. The van der Waals surface area contributed by atoms with Crippen LogP contribution in [0.1, 0.15) is 74.5 Å². The van der Waals surface area contributed by atoms with E-state index in [-0.39, 0.29) is 6.23 Å². The lowest BCUT2D eigenvalue weighted by atomic mass is 10.4. The fourth-order valence-electron chi connectivity index (χ4n) is 2.09. The van der Waals surface area contributed by atoms with Crippen LogP contribution < -0.4 is 10.1 Å². The smallest absolute Gasteiger partial charge is 0.247 e. The number of ether oxygens (including phenoxy) is 2. The van der Waals surface area contributed by atoms with E-state index in [4.69, 9.17) is 9.47 Å². The molecule has 2 aromatic heterocycles. The van der Waals surface area contributed by atoms with E-state index in [1.54, 1.807) is 6.33 Å². The SMILES string of the molecule is C=C(CC)OC(C)n1cnc2c(OCC)nc(NCCC)nc21.CC.CC. The highest BCUT2D eigenvalue weighted by molar-refractivity contribution is 5.77. The summed E-state index contributed by atoms with van der Waals surface area (Å²) in [6.45, 7) is 21.1. The van der Waals surface area contributed by atoms with Crippen molar-refractivity contribution in [2.45, 2.75) is 74.5 Å². The summed E-state index contributed by atoms with van der Waals surface area (Å²) in [7, 11) is 0. The Labute approximate surface area is 164 Å². The second kappa shape index (κ2) is 13.8. The summed E-state index contributed by atoms with van der Waals surface area (Å²) in [6, 6.07) is 0. The van der Waals surface area contributed by atoms with Crippen LogP contribution >= 0.6 is 0 Å². The van der Waals surface area contributed by atoms with Crippen LogP contribution in [0.25, 0.3) is 11.2 Å². The van der Waals surface area contributed by atoms with Crippen LogP contribution in [0.3, 0.4) is 0 Å². The molecular weight excluding hydrogens is 342 g/mol. The van der Waals surface area contributed by atoms with Crippen molar-refractivity contribution >= 4 is 17.1 Å². The quantitative estimate of drug-likeness (QED) is 0.575. The number of anilines is 1. The van der Waals surface area contributed by atoms with E-state index < -0.39 is 0 Å². The van der Waals surface area contributed by atoms with E-state index >= 15 is 0 Å². The van der Waals surface area contributed by atoms with Gasteiger partial charge >= 0.3 is 0 Å². The number of rotatable bonds is 9. The normalized spacial score (nSPS) is 10.8. The van der Waals surface area contributed by atoms with Gasteiger partial charge in [0, 0.05) is 13.0 Å². The lowest BCUT2D eigenvalue weighted by molar-refractivity contribution is 0.0724. The molecule has 7 heteroatoms. The third-order valence-electron chi connectivity index (χ3n) is 3.33. The Hall–Kier alpha value is -2.31. The van der Waals surface area contributed by atoms with E-state index in [1.165, 1.54) is 0 Å². The third kappa shape index (κ3) is 7.07. The first-order valence-corrected chi connectivity index (χ1v) is 10.1. The first-order chi connectivity index (χ1) is 13.1. The van der Waals surface area contributed by atoms with Crippen molar-refractivity contribution in [3.8, 4) is 5.88 Å². The monoisotopic (exact) mass is 379 g/mol. The molecule has 0 aliphatic rings. The molecule has 2 rings (SSSR count). The average Bonchev–Trinajstić information content (AvgIpc) is 3.14. The first-order valence-electron chi connectivity index (χ1n) is 10.1. The fourth-order valence-corrected chi connectivity index (χ4v) is 2.09. The number of nitrogens with zero attached hydrogens (tertiary/aromatic N) is 4. The van der Waals surface area contributed by atoms with Crippen LogP contribution in [0.2, 0.25) is 0 Å². The molecule has 0 aliphatic heterocycles. The maximum absolute atomic E-state index is 5.78. The Morgan fingerprint density at radius 3 is 2.41 bits per heavy atom. The van der Waals surface area contributed by atoms with Gasteiger partial charge in [0.25, 0.3) is 0 Å². The van der Waals surface area contributed by atoms with Crippen LogP contribution in [-0.4, -0.2) is 32.7 Å². The van der Waals surface area contributed by atoms with Crippen LogP contribution in [-0.2, 0) is 4.74 Å². The molecule has 0 saturated heterocycles. The highest BCUT2D eigenvalue weighted by atomic mass is 16.5. The van der Waals surface area contributed by atoms with Gasteiger partial charge in [-0.15, -0.1) is 0 Å². The minimum Gasteiger partial charge on any atom is -0.476 e. The molecule has 0 aliphatic carbocycles. The molecule has 7 nitrogen and oxygen atoms in total. The molecular formula is C20H37N5O2. The second-order valence-corrected chi connectivity index (χ2v) is 5.15. The molecule has 0 bridgehead atoms. The van der Waals surface area contributed by atoms with E-state index in [0.29, 0.717) is 29.6 Å². The molecule has 0 spiro atoms. The predicted octanol–water partition coefficient (Wildman–Crippen LogP) is 5.56. The maximum Gasteiger partial charge on any atom is 0.247 e. The Morgan fingerprint density at radius 2 is 1.85 bits per heavy atom. The van der Waals surface area contributed by atoms with Crippen molar-refractivity contribution in [2.24, 2.45) is 0 Å². The summed E-state index contributed by atoms with van der Waals surface area (Å²) in [6.07, 6.45) is 3.19. The maximum atomic E-state index is 5.78. The van der Waals surface area contributed by atoms with Crippen LogP contribution in [0.15, 0.2) is 18.7 Å². The number of imidazole rings is 1. The molecule has 0 amide bonds. The molecule has 1 unspecified atom stereocenters. The first kappa shape index (κ1) is 24.7. The second-order valence-electron chi connectivity index (χ2n) is 5.15. The number of fused-ring (bicyclic) bond motifs is 1. The predicted molar refractivity (Wildman–Crippen MR) is 113 cm³/mol. The fraction of sp³-hybridized carbons (Fsp3) is 0.650. The van der Waals surface area contributed by atoms with Crippen molar-refractivity contribution in [1.29, 1.82) is 0 Å². The topological polar surface area (TPSA) is 74.1 Å². The zero-order valence-corrected chi connectivity index (χ0v) is 18.3. The summed E-state index contributed by atoms with van der Waals surface area (Å²) >= 11 is 0. The minimum atomic E-state index is -0.254. The van der Waals surface area contributed by atoms with Gasteiger partial charge in [-0.25, -0.2) is 4.98 Å². The standard InChI is InChI=1S/C16H25N5O2.2C2H6/c1-6-9-17-16-19-14-13(15(20-16)22-8-3)18-10-21(14)12(5)23-11(4)7-2;2*1-2/h10,12H,4,6-9H2,1-3,5H3,(H,17,19,20);2*1-2H3. The van der Waals surface area contributed by atoms with Gasteiger partial charge in [0.1, 0.15) is 6.33 Å². The van der Waals surface area contributed by atoms with Crippen molar-refractivity contribution in [2.75, 3.05) is 18.5 Å². The highest BCUT2D eigenvalue weighted by Gasteiger charge is 2.18. The van der Waals surface area contributed by atoms with Gasteiger partial charge in [-0.05, 0) is 20.3 Å². The molecule has 27 heavy (non-hydrogen) atoms. The molecule has 0 fully saturated rings. The van der Waals surface area contributed by atoms with Crippen molar-refractivity contribution in [1.82, 2.24) is 19.5 Å². The van der Waals surface area contributed by atoms with Crippen LogP contribution in [0.5, 0.6) is 5.88 Å². The zero-order chi connectivity index (χ0) is 20.8. The molecule has 1 N–H and O–H groups in total. The van der Waals surface area contributed by atoms with Crippen molar-refractivity contribution < 1.29 is 9.47 Å². The Kier molecular flexibility index (Phi) is 12.7. The molecule has 0 radical (unpaired) electrons. The lowest BCUT2D eigenvalue weighted by Crippen LogP contribution is -2.11. The van der Waals surface area contributed by atoms with Gasteiger partial charge in [-0.1, -0.05) is 48.1 Å². The molecule has 2 aromatic rings. The van der Waals surface area contributed by atoms with E-state index in [2.05, 4.69) is 33.8 Å². The minimum absolute atomic E-state index is 0.254. The van der Waals surface area contributed by atoms with Crippen molar-refractivity contribution in [3.05, 3.63) is 18.7 Å². The molecule has 1 atom stereocenters. The van der Waals surface area contributed by atoms with Gasteiger partial charge in [0.15, 0.2) is 17.4 Å². The number of allylic oxidation sites excluding steroid dienone is 1. The Morgan fingerprint density at radius 1 is 1.19 bits per heavy atom. The molecule has 0 aromatic carbocycles. The zero-order valence-electron chi connectivity index (χ0n) is 18.3. The number of hydrogen-bond acceptors (Lipinski definition) is 6. The molecule has 154 valence electrons. The van der Waals surface area contributed by atoms with E-state index in [1.807, 2.05) is 53.0 Å². The summed E-state index contributed by atoms with van der Waals surface area (Å²) in [5.41, 5.74) is 1.31. The molecule has 2 heterocycles. The van der Waals surface area contributed by atoms with E-state index in [0.717, 1.165) is 25.1 Å². The summed E-state index contributed by atoms with van der Waals surface area (Å²) in [4.78, 5) is 13.3. The van der Waals surface area contributed by atoms with Gasteiger partial charge in [-0.2, -0.15) is 9.97 Å². The van der Waals surface area contributed by atoms with Crippen molar-refractivity contribution in [3.63, 3.8) is 0 Å². The van der Waals surface area contributed by atoms with Crippen LogP contribution in [0, 0.1) is 0 Å². The lowest BCUT2D eigenvalue weighted by Gasteiger charge is -2.17. The van der Waals surface area contributed by atoms with Gasteiger partial charge in [-0.3, -0.25) is 4.57 Å². The average molecular weight is 380 g/mol. The number of hydrogen-bond donors (Lipinski definition) is 1. The van der Waals surface area contributed by atoms with Gasteiger partial charge in [0.2, 0.25) is 11.8 Å². The summed E-state index contributed by atoms with van der Waals surface area (Å²) < 4.78 is 13.2. The third-order valence-corrected chi connectivity index (χ3v) is 3.33. The highest BCUT2D eigenvalue weighted by Crippen LogP contribution is 2.26. The largest absolute Gasteiger partial charge is 0.476 e. The van der Waals surface area contributed by atoms with Gasteiger partial charge < -0.3 is 14.8 Å². The number of aromatic nitrogens is 4.